The highest BCUT2D eigenvalue weighted by Crippen LogP contribution is 2.26. The number of aromatic nitrogens is 1. The van der Waals surface area contributed by atoms with E-state index in [0.717, 1.165) is 42.1 Å². The Labute approximate surface area is 164 Å². The van der Waals surface area contributed by atoms with Gasteiger partial charge in [-0.25, -0.2) is 4.98 Å². The lowest BCUT2D eigenvalue weighted by Crippen LogP contribution is -2.40. The number of aliphatic carboxylic acids is 1. The van der Waals surface area contributed by atoms with Crippen LogP contribution in [-0.4, -0.2) is 40.0 Å². The summed E-state index contributed by atoms with van der Waals surface area (Å²) < 4.78 is 0. The number of carbonyl (C=O) groups is 2. The lowest BCUT2D eigenvalue weighted by Gasteiger charge is -2.32. The van der Waals surface area contributed by atoms with Gasteiger partial charge in [0.05, 0.1) is 12.1 Å². The third-order valence-corrected chi connectivity index (χ3v) is 6.07. The first-order valence-electron chi connectivity index (χ1n) is 9.58. The fourth-order valence-electron chi connectivity index (χ4n) is 3.53. The molecule has 3 rings (SSSR count). The van der Waals surface area contributed by atoms with Crippen LogP contribution >= 0.6 is 11.3 Å². The van der Waals surface area contributed by atoms with Gasteiger partial charge in [0.15, 0.2) is 0 Å². The molecule has 5 nitrogen and oxygen atoms in total. The fraction of sp³-hybridized carbons (Fsp3) is 0.476. The van der Waals surface area contributed by atoms with Crippen molar-refractivity contribution in [1.29, 1.82) is 0 Å². The molecule has 1 aliphatic rings. The summed E-state index contributed by atoms with van der Waals surface area (Å²) in [7, 11) is 0. The van der Waals surface area contributed by atoms with Crippen molar-refractivity contribution in [3.05, 3.63) is 40.9 Å². The van der Waals surface area contributed by atoms with E-state index >= 15 is 0 Å². The van der Waals surface area contributed by atoms with Crippen LogP contribution in [0, 0.1) is 5.92 Å². The SMILES string of the molecule is CCc1ccc(-c2nc(CC(=O)N3CCCC(CCC(=O)O)C3)cs2)cc1. The number of nitrogens with zero attached hydrogens (tertiary/aromatic N) is 2. The molecule has 1 saturated heterocycles. The van der Waals surface area contributed by atoms with Gasteiger partial charge in [-0.1, -0.05) is 31.2 Å². The minimum absolute atomic E-state index is 0.0909. The molecular formula is C21H26N2O3S. The molecule has 1 aliphatic heterocycles. The maximum atomic E-state index is 12.7. The molecule has 1 unspecified atom stereocenters. The van der Waals surface area contributed by atoms with Crippen LogP contribution in [0.25, 0.3) is 10.6 Å². The number of amides is 1. The maximum absolute atomic E-state index is 12.7. The molecule has 1 atom stereocenters. The number of rotatable bonds is 7. The molecule has 0 aliphatic carbocycles. The van der Waals surface area contributed by atoms with Crippen molar-refractivity contribution in [2.75, 3.05) is 13.1 Å². The normalized spacial score (nSPS) is 17.1. The Bertz CT molecular complexity index is 785. The second-order valence-electron chi connectivity index (χ2n) is 7.15. The third-order valence-electron chi connectivity index (χ3n) is 5.13. The minimum Gasteiger partial charge on any atom is -0.481 e. The van der Waals surface area contributed by atoms with Gasteiger partial charge in [0, 0.05) is 30.5 Å². The van der Waals surface area contributed by atoms with E-state index < -0.39 is 5.97 Å². The summed E-state index contributed by atoms with van der Waals surface area (Å²) in [4.78, 5) is 29.9. The number of hydrogen-bond donors (Lipinski definition) is 1. The predicted octanol–water partition coefficient (Wildman–Crippen LogP) is 4.02. The van der Waals surface area contributed by atoms with Crippen molar-refractivity contribution in [3.63, 3.8) is 0 Å². The molecule has 0 bridgehead atoms. The summed E-state index contributed by atoms with van der Waals surface area (Å²) in [5, 5.41) is 11.8. The second kappa shape index (κ2) is 9.13. The highest BCUT2D eigenvalue weighted by atomic mass is 32.1. The van der Waals surface area contributed by atoms with Crippen molar-refractivity contribution in [1.82, 2.24) is 9.88 Å². The number of piperidine rings is 1. The van der Waals surface area contributed by atoms with Gasteiger partial charge in [-0.15, -0.1) is 11.3 Å². The van der Waals surface area contributed by atoms with E-state index in [1.807, 2.05) is 10.3 Å². The van der Waals surface area contributed by atoms with Crippen LogP contribution in [0.1, 0.15) is 43.9 Å². The van der Waals surface area contributed by atoms with Gasteiger partial charge < -0.3 is 10.0 Å². The van der Waals surface area contributed by atoms with E-state index in [-0.39, 0.29) is 12.3 Å². The minimum atomic E-state index is -0.763. The fourth-order valence-corrected chi connectivity index (χ4v) is 4.35. The van der Waals surface area contributed by atoms with Crippen LogP contribution in [0.4, 0.5) is 0 Å². The highest BCUT2D eigenvalue weighted by Gasteiger charge is 2.24. The molecule has 6 heteroatoms. The number of hydrogen-bond acceptors (Lipinski definition) is 4. The summed E-state index contributed by atoms with van der Waals surface area (Å²) >= 11 is 1.57. The predicted molar refractivity (Wildman–Crippen MR) is 107 cm³/mol. The first kappa shape index (κ1) is 19.5. The number of thiazole rings is 1. The molecular weight excluding hydrogens is 360 g/mol. The quantitative estimate of drug-likeness (QED) is 0.780. The summed E-state index contributed by atoms with van der Waals surface area (Å²) in [6, 6.07) is 8.40. The van der Waals surface area contributed by atoms with Crippen LogP contribution in [0.2, 0.25) is 0 Å². The molecule has 27 heavy (non-hydrogen) atoms. The molecule has 0 radical (unpaired) electrons. The number of likely N-dealkylation sites (tertiary alicyclic amines) is 1. The third kappa shape index (κ3) is 5.39. The smallest absolute Gasteiger partial charge is 0.303 e. The van der Waals surface area contributed by atoms with Crippen molar-refractivity contribution in [3.8, 4) is 10.6 Å². The molecule has 2 aromatic rings. The average molecular weight is 387 g/mol. The molecule has 0 spiro atoms. The van der Waals surface area contributed by atoms with Gasteiger partial charge >= 0.3 is 5.97 Å². The van der Waals surface area contributed by atoms with Crippen molar-refractivity contribution in [2.24, 2.45) is 5.92 Å². The number of benzene rings is 1. The lowest BCUT2D eigenvalue weighted by molar-refractivity contribution is -0.137. The Morgan fingerprint density at radius 3 is 2.78 bits per heavy atom. The van der Waals surface area contributed by atoms with E-state index in [2.05, 4.69) is 36.2 Å². The standard InChI is InChI=1S/C21H26N2O3S/c1-2-15-5-8-17(9-6-15)21-22-18(14-27-21)12-19(24)23-11-3-4-16(13-23)7-10-20(25)26/h5-6,8-9,14,16H,2-4,7,10-13H2,1H3,(H,25,26). The van der Waals surface area contributed by atoms with E-state index in [4.69, 9.17) is 5.11 Å². The zero-order valence-corrected chi connectivity index (χ0v) is 16.5. The zero-order valence-electron chi connectivity index (χ0n) is 15.7. The Morgan fingerprint density at radius 1 is 1.30 bits per heavy atom. The summed E-state index contributed by atoms with van der Waals surface area (Å²) in [5.74, 6) is -0.379. The molecule has 0 saturated carbocycles. The average Bonchev–Trinajstić information content (AvgIpc) is 3.15. The van der Waals surface area contributed by atoms with E-state index in [9.17, 15) is 9.59 Å². The Hall–Kier alpha value is -2.21. The Balaban J connectivity index is 1.57. The van der Waals surface area contributed by atoms with Crippen molar-refractivity contribution >= 4 is 23.2 Å². The van der Waals surface area contributed by atoms with Crippen LogP contribution in [0.5, 0.6) is 0 Å². The van der Waals surface area contributed by atoms with Crippen molar-refractivity contribution < 1.29 is 14.7 Å². The van der Waals surface area contributed by atoms with Gasteiger partial charge in [0.2, 0.25) is 5.91 Å². The molecule has 2 heterocycles. The van der Waals surface area contributed by atoms with Gasteiger partial charge in [-0.2, -0.15) is 0 Å². The monoisotopic (exact) mass is 386 g/mol. The van der Waals surface area contributed by atoms with Gasteiger partial charge in [0.1, 0.15) is 5.01 Å². The first-order valence-corrected chi connectivity index (χ1v) is 10.5. The van der Waals surface area contributed by atoms with Crippen LogP contribution in [0.3, 0.4) is 0 Å². The molecule has 1 fully saturated rings. The topological polar surface area (TPSA) is 70.5 Å². The molecule has 1 aromatic carbocycles. The number of carboxylic acid groups (broad SMARTS) is 1. The summed E-state index contributed by atoms with van der Waals surface area (Å²) in [5.41, 5.74) is 3.20. The van der Waals surface area contributed by atoms with Crippen LogP contribution in [0.15, 0.2) is 29.6 Å². The van der Waals surface area contributed by atoms with Gasteiger partial charge in [0.25, 0.3) is 0 Å². The number of carbonyl (C=O) groups excluding carboxylic acids is 1. The van der Waals surface area contributed by atoms with E-state index in [1.54, 1.807) is 11.3 Å². The van der Waals surface area contributed by atoms with Crippen molar-refractivity contribution in [2.45, 2.75) is 45.4 Å². The Kier molecular flexibility index (Phi) is 6.61. The Morgan fingerprint density at radius 2 is 2.07 bits per heavy atom. The second-order valence-corrected chi connectivity index (χ2v) is 8.01. The summed E-state index contributed by atoms with van der Waals surface area (Å²) in [6.45, 7) is 3.56. The molecule has 1 N–H and O–H groups in total. The van der Waals surface area contributed by atoms with E-state index in [1.165, 1.54) is 5.56 Å². The zero-order chi connectivity index (χ0) is 19.2. The van der Waals surface area contributed by atoms with E-state index in [0.29, 0.717) is 25.3 Å². The highest BCUT2D eigenvalue weighted by molar-refractivity contribution is 7.13. The largest absolute Gasteiger partial charge is 0.481 e. The maximum Gasteiger partial charge on any atom is 0.303 e. The van der Waals surface area contributed by atoms with Gasteiger partial charge in [-0.3, -0.25) is 9.59 Å². The van der Waals surface area contributed by atoms with Gasteiger partial charge in [-0.05, 0) is 37.2 Å². The molecule has 144 valence electrons. The van der Waals surface area contributed by atoms with Crippen LogP contribution < -0.4 is 0 Å². The lowest BCUT2D eigenvalue weighted by atomic mass is 9.93. The van der Waals surface area contributed by atoms with Crippen LogP contribution in [-0.2, 0) is 22.4 Å². The first-order chi connectivity index (χ1) is 13.0. The summed E-state index contributed by atoms with van der Waals surface area (Å²) in [6.07, 6.45) is 4.11. The number of aryl methyl sites for hydroxylation is 1. The number of carboxylic acids is 1. The molecule has 1 aromatic heterocycles. The molecule has 1 amide bonds.